The van der Waals surface area contributed by atoms with Crippen molar-refractivity contribution in [3.8, 4) is 0 Å². The average molecular weight is 444 g/mol. The summed E-state index contributed by atoms with van der Waals surface area (Å²) < 4.78 is 2.10. The van der Waals surface area contributed by atoms with Crippen molar-refractivity contribution in [2.45, 2.75) is 44.9 Å². The summed E-state index contributed by atoms with van der Waals surface area (Å²) in [6.45, 7) is 5.62. The molecule has 0 radical (unpaired) electrons. The number of rotatable bonds is 10. The highest BCUT2D eigenvalue weighted by atomic mass is 35.5. The zero-order valence-electron chi connectivity index (χ0n) is 17.2. The van der Waals surface area contributed by atoms with Gasteiger partial charge in [-0.25, -0.2) is 0 Å². The van der Waals surface area contributed by atoms with E-state index in [1.807, 2.05) is 12.1 Å². The molecular formula is C22H26ClN5OS. The van der Waals surface area contributed by atoms with Gasteiger partial charge in [0.2, 0.25) is 5.91 Å². The number of para-hydroxylation sites is 1. The first-order chi connectivity index (χ1) is 14.6. The first kappa shape index (κ1) is 22.2. The maximum Gasteiger partial charge on any atom is 0.234 e. The van der Waals surface area contributed by atoms with Gasteiger partial charge in [-0.15, -0.1) is 10.2 Å². The molecule has 2 aromatic carbocycles. The molecule has 2 N–H and O–H groups in total. The number of hydrogen-bond acceptors (Lipinski definition) is 5. The maximum absolute atomic E-state index is 12.3. The molecule has 1 heterocycles. The number of benzene rings is 2. The molecule has 6 nitrogen and oxygen atoms in total. The Hall–Kier alpha value is -2.51. The summed E-state index contributed by atoms with van der Waals surface area (Å²) in [7, 11) is 0. The molecule has 30 heavy (non-hydrogen) atoms. The van der Waals surface area contributed by atoms with E-state index in [-0.39, 0.29) is 11.7 Å². The Morgan fingerprint density at radius 3 is 2.63 bits per heavy atom. The Balaban J connectivity index is 1.62. The van der Waals surface area contributed by atoms with Gasteiger partial charge in [0.15, 0.2) is 11.0 Å². The Labute approximate surface area is 186 Å². The van der Waals surface area contributed by atoms with Crippen molar-refractivity contribution >= 4 is 40.6 Å². The van der Waals surface area contributed by atoms with Crippen LogP contribution in [-0.4, -0.2) is 26.4 Å². The second kappa shape index (κ2) is 11.0. The topological polar surface area (TPSA) is 71.8 Å². The molecule has 0 atom stereocenters. The van der Waals surface area contributed by atoms with Gasteiger partial charge in [0, 0.05) is 12.2 Å². The third kappa shape index (κ3) is 6.24. The lowest BCUT2D eigenvalue weighted by Crippen LogP contribution is -2.15. The number of halogens is 1. The van der Waals surface area contributed by atoms with E-state index in [0.717, 1.165) is 36.1 Å². The second-order valence-electron chi connectivity index (χ2n) is 6.94. The number of nitrogens with zero attached hydrogens (tertiary/aromatic N) is 3. The minimum Gasteiger partial charge on any atom is -0.378 e. The predicted molar refractivity (Wildman–Crippen MR) is 124 cm³/mol. The van der Waals surface area contributed by atoms with E-state index in [4.69, 9.17) is 11.6 Å². The molecule has 3 rings (SSSR count). The van der Waals surface area contributed by atoms with Crippen LogP contribution in [0, 0.1) is 6.92 Å². The van der Waals surface area contributed by atoms with Crippen molar-refractivity contribution in [3.05, 3.63) is 64.9 Å². The first-order valence-electron chi connectivity index (χ1n) is 9.96. The van der Waals surface area contributed by atoms with E-state index in [9.17, 15) is 4.79 Å². The number of aryl methyl sites for hydroxylation is 1. The summed E-state index contributed by atoms with van der Waals surface area (Å²) in [5.41, 5.74) is 2.87. The van der Waals surface area contributed by atoms with Crippen LogP contribution >= 0.6 is 23.4 Å². The number of hydrogen-bond donors (Lipinski definition) is 2. The standard InChI is InChI=1S/C22H26ClN5OS/c1-3-4-13-28-20(14-24-17-11-9-16(2)10-12-17)26-27-22(28)30-15-21(29)25-19-8-6-5-7-18(19)23/h5-12,24H,3-4,13-15H2,1-2H3,(H,25,29). The molecule has 8 heteroatoms. The lowest BCUT2D eigenvalue weighted by Gasteiger charge is -2.11. The van der Waals surface area contributed by atoms with E-state index in [2.05, 4.69) is 63.5 Å². The molecule has 0 saturated heterocycles. The molecular weight excluding hydrogens is 418 g/mol. The highest BCUT2D eigenvalue weighted by molar-refractivity contribution is 7.99. The molecule has 0 aliphatic carbocycles. The van der Waals surface area contributed by atoms with Gasteiger partial charge >= 0.3 is 0 Å². The maximum atomic E-state index is 12.3. The lowest BCUT2D eigenvalue weighted by atomic mass is 10.2. The Morgan fingerprint density at radius 2 is 1.90 bits per heavy atom. The van der Waals surface area contributed by atoms with Crippen LogP contribution in [0.2, 0.25) is 5.02 Å². The van der Waals surface area contributed by atoms with Gasteiger partial charge in [-0.3, -0.25) is 4.79 Å². The number of aromatic nitrogens is 3. The SMILES string of the molecule is CCCCn1c(CNc2ccc(C)cc2)nnc1SCC(=O)Nc1ccccc1Cl. The van der Waals surface area contributed by atoms with E-state index >= 15 is 0 Å². The van der Waals surface area contributed by atoms with Crippen molar-refractivity contribution in [2.75, 3.05) is 16.4 Å². The summed E-state index contributed by atoms with van der Waals surface area (Å²) in [5.74, 6) is 0.969. The fourth-order valence-corrected chi connectivity index (χ4v) is 3.80. The van der Waals surface area contributed by atoms with Crippen LogP contribution in [0.15, 0.2) is 53.7 Å². The molecule has 1 amide bonds. The van der Waals surface area contributed by atoms with Gasteiger partial charge in [0.1, 0.15) is 0 Å². The second-order valence-corrected chi connectivity index (χ2v) is 8.29. The number of carbonyl (C=O) groups excluding carboxylic acids is 1. The van der Waals surface area contributed by atoms with Crippen molar-refractivity contribution in [2.24, 2.45) is 0 Å². The molecule has 0 aliphatic heterocycles. The van der Waals surface area contributed by atoms with E-state index < -0.39 is 0 Å². The van der Waals surface area contributed by atoms with Crippen molar-refractivity contribution in [3.63, 3.8) is 0 Å². The van der Waals surface area contributed by atoms with E-state index in [0.29, 0.717) is 17.3 Å². The monoisotopic (exact) mass is 443 g/mol. The quantitative estimate of drug-likeness (QED) is 0.411. The smallest absolute Gasteiger partial charge is 0.234 e. The lowest BCUT2D eigenvalue weighted by molar-refractivity contribution is -0.113. The zero-order valence-corrected chi connectivity index (χ0v) is 18.8. The van der Waals surface area contributed by atoms with Crippen LogP contribution < -0.4 is 10.6 Å². The van der Waals surface area contributed by atoms with Gasteiger partial charge in [0.25, 0.3) is 0 Å². The van der Waals surface area contributed by atoms with Gasteiger partial charge < -0.3 is 15.2 Å². The van der Waals surface area contributed by atoms with Crippen molar-refractivity contribution in [1.29, 1.82) is 0 Å². The number of anilines is 2. The molecule has 3 aromatic rings. The summed E-state index contributed by atoms with van der Waals surface area (Å²) in [6, 6.07) is 15.4. The summed E-state index contributed by atoms with van der Waals surface area (Å²) >= 11 is 7.49. The molecule has 1 aromatic heterocycles. The molecule has 0 spiro atoms. The fourth-order valence-electron chi connectivity index (χ4n) is 2.83. The van der Waals surface area contributed by atoms with Crippen LogP contribution in [0.1, 0.15) is 31.2 Å². The van der Waals surface area contributed by atoms with Crippen LogP contribution in [0.25, 0.3) is 0 Å². The van der Waals surface area contributed by atoms with Gasteiger partial charge in [-0.1, -0.05) is 66.5 Å². The minimum atomic E-state index is -0.127. The van der Waals surface area contributed by atoms with E-state index in [1.165, 1.54) is 17.3 Å². The van der Waals surface area contributed by atoms with E-state index in [1.54, 1.807) is 12.1 Å². The highest BCUT2D eigenvalue weighted by Gasteiger charge is 2.14. The van der Waals surface area contributed by atoms with Gasteiger partial charge in [0.05, 0.1) is 23.0 Å². The Bertz CT molecular complexity index is 974. The molecule has 158 valence electrons. The van der Waals surface area contributed by atoms with Crippen molar-refractivity contribution in [1.82, 2.24) is 14.8 Å². The Kier molecular flexibility index (Phi) is 8.16. The largest absolute Gasteiger partial charge is 0.378 e. The molecule has 0 fully saturated rings. The average Bonchev–Trinajstić information content (AvgIpc) is 3.13. The molecule has 0 aliphatic rings. The van der Waals surface area contributed by atoms with Crippen molar-refractivity contribution < 1.29 is 4.79 Å². The fraction of sp³-hybridized carbons (Fsp3) is 0.318. The van der Waals surface area contributed by atoms with Gasteiger partial charge in [-0.05, 0) is 37.6 Å². The summed E-state index contributed by atoms with van der Waals surface area (Å²) in [4.78, 5) is 12.3. The summed E-state index contributed by atoms with van der Waals surface area (Å²) in [5, 5.41) is 16.2. The number of amides is 1. The first-order valence-corrected chi connectivity index (χ1v) is 11.3. The molecule has 0 saturated carbocycles. The predicted octanol–water partition coefficient (Wildman–Crippen LogP) is 5.38. The molecule has 0 unspecified atom stereocenters. The van der Waals surface area contributed by atoms with Crippen LogP contribution in [0.4, 0.5) is 11.4 Å². The third-order valence-electron chi connectivity index (χ3n) is 4.51. The number of carbonyl (C=O) groups is 1. The number of nitrogens with one attached hydrogen (secondary N) is 2. The number of thioether (sulfide) groups is 1. The third-order valence-corrected chi connectivity index (χ3v) is 5.81. The van der Waals surface area contributed by atoms with Crippen LogP contribution in [0.5, 0.6) is 0 Å². The Morgan fingerprint density at radius 1 is 1.13 bits per heavy atom. The highest BCUT2D eigenvalue weighted by Crippen LogP contribution is 2.22. The van der Waals surface area contributed by atoms with Gasteiger partial charge in [-0.2, -0.15) is 0 Å². The summed E-state index contributed by atoms with van der Waals surface area (Å²) in [6.07, 6.45) is 2.09. The number of unbranched alkanes of at least 4 members (excludes halogenated alkanes) is 1. The zero-order chi connectivity index (χ0) is 21.3. The minimum absolute atomic E-state index is 0.127. The van der Waals surface area contributed by atoms with Crippen LogP contribution in [0.3, 0.4) is 0 Å². The van der Waals surface area contributed by atoms with Crippen LogP contribution in [-0.2, 0) is 17.9 Å². The molecule has 0 bridgehead atoms. The normalized spacial score (nSPS) is 10.8.